The summed E-state index contributed by atoms with van der Waals surface area (Å²) in [5.41, 5.74) is 0.742. The number of rotatable bonds is 5. The van der Waals surface area contributed by atoms with Gasteiger partial charge in [-0.3, -0.25) is 4.79 Å². The van der Waals surface area contributed by atoms with Crippen LogP contribution >= 0.6 is 0 Å². The molecule has 3 rings (SSSR count). The van der Waals surface area contributed by atoms with Gasteiger partial charge in [0.15, 0.2) is 11.5 Å². The first kappa shape index (κ1) is 19.3. The first-order valence-electron chi connectivity index (χ1n) is 9.36. The molecule has 2 saturated heterocycles. The fourth-order valence-corrected chi connectivity index (χ4v) is 3.58. The average molecular weight is 376 g/mol. The van der Waals surface area contributed by atoms with Crippen molar-refractivity contribution in [3.63, 3.8) is 0 Å². The summed E-state index contributed by atoms with van der Waals surface area (Å²) in [4.78, 5) is 30.8. The summed E-state index contributed by atoms with van der Waals surface area (Å²) in [7, 11) is 3.14. The average Bonchev–Trinajstić information content (AvgIpc) is 3.07. The first-order chi connectivity index (χ1) is 13.0. The third-order valence-corrected chi connectivity index (χ3v) is 5.24. The van der Waals surface area contributed by atoms with Gasteiger partial charge < -0.3 is 29.5 Å². The molecule has 1 N–H and O–H groups in total. The molecule has 2 fully saturated rings. The van der Waals surface area contributed by atoms with Crippen LogP contribution in [-0.2, 0) is 4.79 Å². The molecule has 1 atom stereocenters. The van der Waals surface area contributed by atoms with Crippen molar-refractivity contribution in [2.45, 2.75) is 19.4 Å². The molecule has 1 aromatic carbocycles. The molecule has 3 amide bonds. The number of carbonyl (C=O) groups is 2. The Morgan fingerprint density at radius 1 is 1.15 bits per heavy atom. The van der Waals surface area contributed by atoms with Gasteiger partial charge in [-0.15, -0.1) is 0 Å². The van der Waals surface area contributed by atoms with Crippen molar-refractivity contribution in [1.29, 1.82) is 0 Å². The van der Waals surface area contributed by atoms with Crippen LogP contribution < -0.4 is 19.7 Å². The second-order valence-corrected chi connectivity index (χ2v) is 6.82. The number of hydrogen-bond acceptors (Lipinski definition) is 5. The lowest BCUT2D eigenvalue weighted by molar-refractivity contribution is -0.117. The number of piperazine rings is 1. The van der Waals surface area contributed by atoms with Crippen LogP contribution in [0.4, 0.5) is 10.5 Å². The summed E-state index contributed by atoms with van der Waals surface area (Å²) in [5, 5.41) is 3.01. The lowest BCUT2D eigenvalue weighted by Crippen LogP contribution is -2.53. The highest BCUT2D eigenvalue weighted by atomic mass is 16.5. The minimum Gasteiger partial charge on any atom is -0.493 e. The highest BCUT2D eigenvalue weighted by Crippen LogP contribution is 2.33. The van der Waals surface area contributed by atoms with E-state index in [1.165, 1.54) is 0 Å². The van der Waals surface area contributed by atoms with Gasteiger partial charge in [0.1, 0.15) is 0 Å². The van der Waals surface area contributed by atoms with Crippen LogP contribution in [0.3, 0.4) is 0 Å². The van der Waals surface area contributed by atoms with Gasteiger partial charge in [0.05, 0.1) is 20.3 Å². The number of methoxy groups -OCH3 is 2. The molecule has 27 heavy (non-hydrogen) atoms. The van der Waals surface area contributed by atoms with E-state index in [0.29, 0.717) is 24.5 Å². The number of ether oxygens (including phenoxy) is 2. The smallest absolute Gasteiger partial charge is 0.317 e. The standard InChI is InChI=1S/C19H28N4O4/c1-4-21-7-9-22(10-8-21)19(25)20-14-11-18(24)23(13-14)15-5-6-16(26-2)17(12-15)27-3/h5-6,12,14H,4,7-11,13H2,1-3H3,(H,20,25). The molecule has 8 heteroatoms. The third kappa shape index (κ3) is 4.27. The van der Waals surface area contributed by atoms with Gasteiger partial charge in [0.2, 0.25) is 5.91 Å². The molecule has 0 aromatic heterocycles. The summed E-state index contributed by atoms with van der Waals surface area (Å²) in [5.74, 6) is 1.18. The Labute approximate surface area is 160 Å². The molecule has 2 aliphatic rings. The molecule has 148 valence electrons. The fourth-order valence-electron chi connectivity index (χ4n) is 3.58. The second-order valence-electron chi connectivity index (χ2n) is 6.82. The predicted molar refractivity (Wildman–Crippen MR) is 103 cm³/mol. The number of amides is 3. The molecule has 2 heterocycles. The summed E-state index contributed by atoms with van der Waals surface area (Å²) >= 11 is 0. The van der Waals surface area contributed by atoms with Gasteiger partial charge in [0, 0.05) is 50.9 Å². The van der Waals surface area contributed by atoms with E-state index in [-0.39, 0.29) is 18.0 Å². The zero-order valence-electron chi connectivity index (χ0n) is 16.2. The Morgan fingerprint density at radius 3 is 2.48 bits per heavy atom. The Kier molecular flexibility index (Phi) is 6.05. The van der Waals surface area contributed by atoms with E-state index >= 15 is 0 Å². The maximum absolute atomic E-state index is 12.5. The Hall–Kier alpha value is -2.48. The molecule has 0 aliphatic carbocycles. The van der Waals surface area contributed by atoms with Crippen LogP contribution in [-0.4, -0.2) is 81.3 Å². The quantitative estimate of drug-likeness (QED) is 0.835. The van der Waals surface area contributed by atoms with E-state index in [1.807, 2.05) is 11.0 Å². The molecule has 0 spiro atoms. The highest BCUT2D eigenvalue weighted by molar-refractivity contribution is 5.97. The van der Waals surface area contributed by atoms with E-state index in [4.69, 9.17) is 9.47 Å². The van der Waals surface area contributed by atoms with Gasteiger partial charge in [-0.2, -0.15) is 0 Å². The fraction of sp³-hybridized carbons (Fsp3) is 0.579. The number of likely N-dealkylation sites (N-methyl/N-ethyl adjacent to an activating group) is 1. The van der Waals surface area contributed by atoms with Crippen LogP contribution in [0, 0.1) is 0 Å². The van der Waals surface area contributed by atoms with Gasteiger partial charge in [-0.25, -0.2) is 4.79 Å². The summed E-state index contributed by atoms with van der Waals surface area (Å²) < 4.78 is 10.6. The van der Waals surface area contributed by atoms with Crippen LogP contribution in [0.15, 0.2) is 18.2 Å². The van der Waals surface area contributed by atoms with E-state index in [0.717, 1.165) is 38.4 Å². The Morgan fingerprint density at radius 2 is 1.85 bits per heavy atom. The minimum atomic E-state index is -0.192. The number of carbonyl (C=O) groups excluding carboxylic acids is 2. The van der Waals surface area contributed by atoms with Gasteiger partial charge in [-0.1, -0.05) is 6.92 Å². The topological polar surface area (TPSA) is 74.4 Å². The molecular formula is C19H28N4O4. The first-order valence-corrected chi connectivity index (χ1v) is 9.36. The number of benzene rings is 1. The molecule has 0 bridgehead atoms. The SMILES string of the molecule is CCN1CCN(C(=O)NC2CC(=O)N(c3ccc(OC)c(OC)c3)C2)CC1. The lowest BCUT2D eigenvalue weighted by Gasteiger charge is -2.34. The van der Waals surface area contributed by atoms with Crippen LogP contribution in [0.2, 0.25) is 0 Å². The molecule has 0 radical (unpaired) electrons. The Balaban J connectivity index is 1.60. The second kappa shape index (κ2) is 8.47. The van der Waals surface area contributed by atoms with Crippen molar-refractivity contribution in [2.24, 2.45) is 0 Å². The van der Waals surface area contributed by atoms with Crippen molar-refractivity contribution in [1.82, 2.24) is 15.1 Å². The van der Waals surface area contributed by atoms with Gasteiger partial charge >= 0.3 is 6.03 Å². The number of anilines is 1. The number of hydrogen-bond donors (Lipinski definition) is 1. The summed E-state index contributed by atoms with van der Waals surface area (Å²) in [6.07, 6.45) is 0.301. The molecule has 1 unspecified atom stereocenters. The largest absolute Gasteiger partial charge is 0.493 e. The number of nitrogens with one attached hydrogen (secondary N) is 1. The number of urea groups is 1. The van der Waals surface area contributed by atoms with Crippen LogP contribution in [0.25, 0.3) is 0 Å². The highest BCUT2D eigenvalue weighted by Gasteiger charge is 2.33. The van der Waals surface area contributed by atoms with Gasteiger partial charge in [-0.05, 0) is 18.7 Å². The summed E-state index contributed by atoms with van der Waals surface area (Å²) in [6, 6.07) is 5.11. The molecular weight excluding hydrogens is 348 g/mol. The molecule has 8 nitrogen and oxygen atoms in total. The van der Waals surface area contributed by atoms with Gasteiger partial charge in [0.25, 0.3) is 0 Å². The molecule has 1 aromatic rings. The zero-order valence-corrected chi connectivity index (χ0v) is 16.2. The van der Waals surface area contributed by atoms with Crippen molar-refractivity contribution in [3.05, 3.63) is 18.2 Å². The van der Waals surface area contributed by atoms with Crippen molar-refractivity contribution in [2.75, 3.05) is 58.4 Å². The maximum Gasteiger partial charge on any atom is 0.317 e. The predicted octanol–water partition coefficient (Wildman–Crippen LogP) is 1.16. The van der Waals surface area contributed by atoms with E-state index < -0.39 is 0 Å². The molecule has 2 aliphatic heterocycles. The Bertz CT molecular complexity index is 688. The zero-order chi connectivity index (χ0) is 19.4. The minimum absolute atomic E-state index is 0.0108. The van der Waals surface area contributed by atoms with Crippen molar-refractivity contribution < 1.29 is 19.1 Å². The molecule has 0 saturated carbocycles. The van der Waals surface area contributed by atoms with E-state index in [1.54, 1.807) is 31.3 Å². The monoisotopic (exact) mass is 376 g/mol. The van der Waals surface area contributed by atoms with Crippen LogP contribution in [0.1, 0.15) is 13.3 Å². The van der Waals surface area contributed by atoms with Crippen molar-refractivity contribution >= 4 is 17.6 Å². The summed E-state index contributed by atoms with van der Waals surface area (Å²) in [6.45, 7) is 6.82. The maximum atomic E-state index is 12.5. The van der Waals surface area contributed by atoms with Crippen molar-refractivity contribution in [3.8, 4) is 11.5 Å². The number of nitrogens with zero attached hydrogens (tertiary/aromatic N) is 3. The lowest BCUT2D eigenvalue weighted by atomic mass is 10.2. The van der Waals surface area contributed by atoms with Crippen LogP contribution in [0.5, 0.6) is 11.5 Å². The van der Waals surface area contributed by atoms with E-state index in [9.17, 15) is 9.59 Å². The third-order valence-electron chi connectivity index (χ3n) is 5.24. The van der Waals surface area contributed by atoms with E-state index in [2.05, 4.69) is 17.1 Å². The normalized spacial score (nSPS) is 20.7.